The Morgan fingerprint density at radius 3 is 2.59 bits per heavy atom. The fourth-order valence-electron chi connectivity index (χ4n) is 1.51. The molecule has 2 aromatic rings. The van der Waals surface area contributed by atoms with Crippen LogP contribution in [-0.2, 0) is 0 Å². The third-order valence-corrected chi connectivity index (χ3v) is 3.86. The van der Waals surface area contributed by atoms with Crippen LogP contribution in [0.25, 0.3) is 0 Å². The van der Waals surface area contributed by atoms with Crippen molar-refractivity contribution in [3.8, 4) is 0 Å². The molecule has 0 aliphatic heterocycles. The molecule has 1 N–H and O–H groups in total. The Bertz CT molecular complexity index is 493. The third kappa shape index (κ3) is 3.17. The minimum Gasteiger partial charge on any atom is -0.345 e. The van der Waals surface area contributed by atoms with Gasteiger partial charge in [0.15, 0.2) is 0 Å². The summed E-state index contributed by atoms with van der Waals surface area (Å²) >= 11 is 4.84. The van der Waals surface area contributed by atoms with Crippen LogP contribution in [0.3, 0.4) is 0 Å². The van der Waals surface area contributed by atoms with E-state index in [1.54, 1.807) is 0 Å². The molecule has 4 heteroatoms. The summed E-state index contributed by atoms with van der Waals surface area (Å²) in [4.78, 5) is 12.6. The van der Waals surface area contributed by atoms with Gasteiger partial charge in [0.2, 0.25) is 0 Å². The summed E-state index contributed by atoms with van der Waals surface area (Å²) in [5.74, 6) is -0.0181. The van der Waals surface area contributed by atoms with Crippen molar-refractivity contribution in [1.82, 2.24) is 5.32 Å². The molecule has 0 bridgehead atoms. The molecule has 0 fully saturated rings. The Kier molecular flexibility index (Phi) is 3.97. The van der Waals surface area contributed by atoms with E-state index in [-0.39, 0.29) is 11.9 Å². The molecule has 2 rings (SSSR count). The van der Waals surface area contributed by atoms with Gasteiger partial charge in [0.1, 0.15) is 0 Å². The van der Waals surface area contributed by atoms with E-state index in [2.05, 4.69) is 21.2 Å². The van der Waals surface area contributed by atoms with Crippen LogP contribution in [0.4, 0.5) is 0 Å². The summed E-state index contributed by atoms with van der Waals surface area (Å²) in [6.45, 7) is 1.98. The van der Waals surface area contributed by atoms with Crippen LogP contribution in [-0.4, -0.2) is 5.91 Å². The number of nitrogens with one attached hydrogen (secondary N) is 1. The normalized spacial score (nSPS) is 12.1. The fourth-order valence-corrected chi connectivity index (χ4v) is 2.40. The van der Waals surface area contributed by atoms with Crippen LogP contribution < -0.4 is 5.32 Å². The Balaban J connectivity index is 2.04. The maximum atomic E-state index is 11.8. The minimum atomic E-state index is -0.0181. The summed E-state index contributed by atoms with van der Waals surface area (Å²) in [5.41, 5.74) is 1.10. The molecule has 1 atom stereocenters. The largest absolute Gasteiger partial charge is 0.345 e. The average molecular weight is 310 g/mol. The van der Waals surface area contributed by atoms with Gasteiger partial charge in [0.25, 0.3) is 5.91 Å². The van der Waals surface area contributed by atoms with Gasteiger partial charge in [0, 0.05) is 4.47 Å². The molecule has 0 aliphatic carbocycles. The summed E-state index contributed by atoms with van der Waals surface area (Å²) in [5, 5.41) is 4.88. The van der Waals surface area contributed by atoms with Gasteiger partial charge in [0.05, 0.1) is 10.9 Å². The zero-order chi connectivity index (χ0) is 12.3. The van der Waals surface area contributed by atoms with Gasteiger partial charge in [-0.2, -0.15) is 0 Å². The van der Waals surface area contributed by atoms with Gasteiger partial charge >= 0.3 is 0 Å². The predicted octanol–water partition coefficient (Wildman–Crippen LogP) is 4.00. The van der Waals surface area contributed by atoms with Crippen molar-refractivity contribution in [2.75, 3.05) is 0 Å². The van der Waals surface area contributed by atoms with Crippen LogP contribution in [0.2, 0.25) is 0 Å². The highest BCUT2D eigenvalue weighted by atomic mass is 79.9. The van der Waals surface area contributed by atoms with Crippen LogP contribution in [0.5, 0.6) is 0 Å². The van der Waals surface area contributed by atoms with Crippen molar-refractivity contribution in [1.29, 1.82) is 0 Å². The predicted molar refractivity (Wildman–Crippen MR) is 74.3 cm³/mol. The maximum Gasteiger partial charge on any atom is 0.261 e. The van der Waals surface area contributed by atoms with E-state index in [0.29, 0.717) is 0 Å². The Morgan fingerprint density at radius 2 is 2.00 bits per heavy atom. The molecule has 0 spiro atoms. The molecule has 0 aliphatic rings. The standard InChI is InChI=1S/C13H12BrNOS/c1-9(10-4-6-11(14)7-5-10)15-13(16)12-3-2-8-17-12/h2-9H,1H3,(H,15,16)/t9-/m1/s1. The summed E-state index contributed by atoms with van der Waals surface area (Å²) in [6.07, 6.45) is 0. The molecular weight excluding hydrogens is 298 g/mol. The van der Waals surface area contributed by atoms with E-state index in [9.17, 15) is 4.79 Å². The van der Waals surface area contributed by atoms with E-state index in [4.69, 9.17) is 0 Å². The highest BCUT2D eigenvalue weighted by molar-refractivity contribution is 9.10. The van der Waals surface area contributed by atoms with Gasteiger partial charge in [-0.1, -0.05) is 34.1 Å². The molecule has 17 heavy (non-hydrogen) atoms. The molecule has 0 saturated carbocycles. The van der Waals surface area contributed by atoms with Crippen LogP contribution in [0.1, 0.15) is 28.2 Å². The highest BCUT2D eigenvalue weighted by Crippen LogP contribution is 2.17. The number of amides is 1. The summed E-state index contributed by atoms with van der Waals surface area (Å²) < 4.78 is 1.04. The first kappa shape index (κ1) is 12.3. The van der Waals surface area contributed by atoms with Crippen molar-refractivity contribution in [2.45, 2.75) is 13.0 Å². The number of rotatable bonds is 3. The number of benzene rings is 1. The first-order chi connectivity index (χ1) is 8.16. The molecule has 1 aromatic carbocycles. The van der Waals surface area contributed by atoms with Gasteiger partial charge in [-0.3, -0.25) is 4.79 Å². The Labute approximate surface area is 113 Å². The minimum absolute atomic E-state index is 0.0118. The molecular formula is C13H12BrNOS. The number of hydrogen-bond donors (Lipinski definition) is 1. The van der Waals surface area contributed by atoms with Crippen molar-refractivity contribution in [2.24, 2.45) is 0 Å². The van der Waals surface area contributed by atoms with Crippen LogP contribution in [0.15, 0.2) is 46.3 Å². The number of halogens is 1. The summed E-state index contributed by atoms with van der Waals surface area (Å²) in [7, 11) is 0. The number of hydrogen-bond acceptors (Lipinski definition) is 2. The quantitative estimate of drug-likeness (QED) is 0.912. The zero-order valence-corrected chi connectivity index (χ0v) is 11.7. The Morgan fingerprint density at radius 1 is 1.29 bits per heavy atom. The summed E-state index contributed by atoms with van der Waals surface area (Å²) in [6, 6.07) is 11.7. The fraction of sp³-hybridized carbons (Fsp3) is 0.154. The third-order valence-electron chi connectivity index (χ3n) is 2.46. The van der Waals surface area contributed by atoms with E-state index >= 15 is 0 Å². The second-order valence-corrected chi connectivity index (χ2v) is 5.59. The van der Waals surface area contributed by atoms with Gasteiger partial charge in [-0.05, 0) is 36.1 Å². The second-order valence-electron chi connectivity index (χ2n) is 3.72. The van der Waals surface area contributed by atoms with E-state index < -0.39 is 0 Å². The lowest BCUT2D eigenvalue weighted by atomic mass is 10.1. The zero-order valence-electron chi connectivity index (χ0n) is 9.31. The molecule has 1 amide bonds. The highest BCUT2D eigenvalue weighted by Gasteiger charge is 2.11. The van der Waals surface area contributed by atoms with Crippen LogP contribution >= 0.6 is 27.3 Å². The van der Waals surface area contributed by atoms with Crippen molar-refractivity contribution in [3.05, 3.63) is 56.7 Å². The lowest BCUT2D eigenvalue weighted by molar-refractivity contribution is 0.0944. The molecule has 88 valence electrons. The molecule has 0 saturated heterocycles. The molecule has 1 aromatic heterocycles. The Hall–Kier alpha value is -1.13. The second kappa shape index (κ2) is 5.47. The van der Waals surface area contributed by atoms with Crippen molar-refractivity contribution >= 4 is 33.2 Å². The number of carbonyl (C=O) groups is 1. The van der Waals surface area contributed by atoms with Gasteiger partial charge in [-0.25, -0.2) is 0 Å². The van der Waals surface area contributed by atoms with E-state index in [1.165, 1.54) is 11.3 Å². The van der Waals surface area contributed by atoms with Gasteiger partial charge < -0.3 is 5.32 Å². The van der Waals surface area contributed by atoms with Crippen molar-refractivity contribution in [3.63, 3.8) is 0 Å². The molecule has 2 nitrogen and oxygen atoms in total. The lowest BCUT2D eigenvalue weighted by Gasteiger charge is -2.13. The molecule has 0 radical (unpaired) electrons. The van der Waals surface area contributed by atoms with Crippen LogP contribution in [0, 0.1) is 0 Å². The van der Waals surface area contributed by atoms with Crippen molar-refractivity contribution < 1.29 is 4.79 Å². The van der Waals surface area contributed by atoms with E-state index in [1.807, 2.05) is 48.7 Å². The first-order valence-electron chi connectivity index (χ1n) is 5.26. The molecule has 1 heterocycles. The number of thiophene rings is 1. The first-order valence-corrected chi connectivity index (χ1v) is 6.94. The molecule has 0 unspecified atom stereocenters. The topological polar surface area (TPSA) is 29.1 Å². The average Bonchev–Trinajstić information content (AvgIpc) is 2.83. The van der Waals surface area contributed by atoms with Gasteiger partial charge in [-0.15, -0.1) is 11.3 Å². The maximum absolute atomic E-state index is 11.8. The SMILES string of the molecule is C[C@@H](NC(=O)c1cccs1)c1ccc(Br)cc1. The smallest absolute Gasteiger partial charge is 0.261 e. The lowest BCUT2D eigenvalue weighted by Crippen LogP contribution is -2.25. The van der Waals surface area contributed by atoms with E-state index in [0.717, 1.165) is 14.9 Å². The number of carbonyl (C=O) groups excluding carboxylic acids is 1. The monoisotopic (exact) mass is 309 g/mol.